The average molecular weight is 510 g/mol. The summed E-state index contributed by atoms with van der Waals surface area (Å²) in [6.45, 7) is 0. The summed E-state index contributed by atoms with van der Waals surface area (Å²) in [7, 11) is 0. The van der Waals surface area contributed by atoms with Crippen LogP contribution in [0, 0.1) is 0 Å². The van der Waals surface area contributed by atoms with Crippen molar-refractivity contribution in [2.75, 3.05) is 0 Å². The Hall–Kier alpha value is -5.34. The molecule has 0 spiro atoms. The van der Waals surface area contributed by atoms with E-state index in [4.69, 9.17) is 4.42 Å². The van der Waals surface area contributed by atoms with Crippen molar-refractivity contribution in [3.63, 3.8) is 0 Å². The molecule has 0 aliphatic carbocycles. The highest BCUT2D eigenvalue weighted by atomic mass is 16.3. The Kier molecular flexibility index (Phi) is 4.36. The van der Waals surface area contributed by atoms with E-state index in [2.05, 4.69) is 132 Å². The summed E-state index contributed by atoms with van der Waals surface area (Å²) >= 11 is 0. The van der Waals surface area contributed by atoms with E-state index >= 15 is 0 Å². The molecule has 2 nitrogen and oxygen atoms in total. The van der Waals surface area contributed by atoms with Gasteiger partial charge in [-0.15, -0.1) is 0 Å². The Morgan fingerprint density at radius 3 is 1.93 bits per heavy atom. The molecule has 40 heavy (non-hydrogen) atoms. The van der Waals surface area contributed by atoms with Crippen LogP contribution in [0.3, 0.4) is 0 Å². The van der Waals surface area contributed by atoms with Crippen LogP contribution in [0.25, 0.3) is 81.7 Å². The van der Waals surface area contributed by atoms with E-state index in [1.54, 1.807) is 0 Å². The van der Waals surface area contributed by atoms with Gasteiger partial charge < -0.3 is 8.98 Å². The van der Waals surface area contributed by atoms with Crippen molar-refractivity contribution in [1.29, 1.82) is 0 Å². The van der Waals surface area contributed by atoms with Crippen LogP contribution < -0.4 is 0 Å². The maximum absolute atomic E-state index is 6.44. The fraction of sp³-hybridized carbons (Fsp3) is 0. The summed E-state index contributed by atoms with van der Waals surface area (Å²) < 4.78 is 8.85. The molecule has 0 aliphatic heterocycles. The third kappa shape index (κ3) is 2.93. The Bertz CT molecular complexity index is 2480. The van der Waals surface area contributed by atoms with Crippen molar-refractivity contribution in [3.05, 3.63) is 140 Å². The molecule has 2 heterocycles. The Balaban J connectivity index is 1.56. The van der Waals surface area contributed by atoms with Crippen molar-refractivity contribution >= 4 is 76.1 Å². The van der Waals surface area contributed by atoms with E-state index in [-0.39, 0.29) is 0 Å². The number of hydrogen-bond acceptors (Lipinski definition) is 1. The minimum Gasteiger partial charge on any atom is -0.456 e. The number of benzene rings is 6. The first-order chi connectivity index (χ1) is 19.8. The van der Waals surface area contributed by atoms with E-state index in [0.717, 1.165) is 33.0 Å². The molecule has 0 atom stereocenters. The topological polar surface area (TPSA) is 18.1 Å². The van der Waals surface area contributed by atoms with E-state index in [0.29, 0.717) is 0 Å². The molecule has 9 rings (SSSR count). The SMILES string of the molecule is c1ccc(-n2c3ccccc3c3c4cccc5c6ccccc7c(cc(c6)c(cc32)c54)oc2ccccc27)cc1. The first kappa shape index (κ1) is 21.6. The second-order valence-corrected chi connectivity index (χ2v) is 10.5. The van der Waals surface area contributed by atoms with Crippen molar-refractivity contribution in [2.45, 2.75) is 0 Å². The highest BCUT2D eigenvalue weighted by molar-refractivity contribution is 6.33. The second-order valence-electron chi connectivity index (χ2n) is 10.5. The van der Waals surface area contributed by atoms with Crippen LogP contribution in [0.5, 0.6) is 0 Å². The van der Waals surface area contributed by atoms with Crippen LogP contribution in [0.15, 0.2) is 144 Å². The van der Waals surface area contributed by atoms with Gasteiger partial charge in [0.25, 0.3) is 0 Å². The number of rotatable bonds is 1. The second kappa shape index (κ2) is 8.08. The lowest BCUT2D eigenvalue weighted by Gasteiger charge is -2.12. The summed E-state index contributed by atoms with van der Waals surface area (Å²) in [6.07, 6.45) is 0. The minimum atomic E-state index is 0.884. The van der Waals surface area contributed by atoms with Gasteiger partial charge in [0.1, 0.15) is 11.2 Å². The minimum absolute atomic E-state index is 0.884. The molecule has 186 valence electrons. The number of hydrogen-bond donors (Lipinski definition) is 0. The molecular formula is C38H23NO. The van der Waals surface area contributed by atoms with Crippen LogP contribution >= 0.6 is 0 Å². The highest BCUT2D eigenvalue weighted by Crippen LogP contribution is 2.43. The van der Waals surface area contributed by atoms with Crippen LogP contribution in [-0.2, 0) is 0 Å². The van der Waals surface area contributed by atoms with Gasteiger partial charge in [0.05, 0.1) is 11.0 Å². The van der Waals surface area contributed by atoms with E-state index < -0.39 is 0 Å². The zero-order chi connectivity index (χ0) is 26.2. The van der Waals surface area contributed by atoms with Gasteiger partial charge in [0.15, 0.2) is 0 Å². The van der Waals surface area contributed by atoms with Gasteiger partial charge in [-0.05, 0) is 74.8 Å². The number of nitrogens with zero attached hydrogens (tertiary/aromatic N) is 1. The van der Waals surface area contributed by atoms with Gasteiger partial charge in [-0.2, -0.15) is 0 Å². The number of fused-ring (bicyclic) bond motifs is 11. The highest BCUT2D eigenvalue weighted by Gasteiger charge is 2.18. The summed E-state index contributed by atoms with van der Waals surface area (Å²) in [5.74, 6) is 0. The average Bonchev–Trinajstić information content (AvgIpc) is 3.52. The molecule has 2 bridgehead atoms. The fourth-order valence-corrected chi connectivity index (χ4v) is 6.66. The van der Waals surface area contributed by atoms with Crippen LogP contribution in [0.1, 0.15) is 0 Å². The third-order valence-corrected chi connectivity index (χ3v) is 8.34. The summed E-state index contributed by atoms with van der Waals surface area (Å²) in [5.41, 5.74) is 5.38. The third-order valence-electron chi connectivity index (χ3n) is 8.34. The van der Waals surface area contributed by atoms with Gasteiger partial charge in [-0.25, -0.2) is 0 Å². The Morgan fingerprint density at radius 2 is 1.05 bits per heavy atom. The molecule has 0 unspecified atom stereocenters. The van der Waals surface area contributed by atoms with E-state index in [9.17, 15) is 0 Å². The van der Waals surface area contributed by atoms with Gasteiger partial charge in [0, 0.05) is 27.2 Å². The molecule has 0 fully saturated rings. The van der Waals surface area contributed by atoms with Crippen molar-refractivity contribution in [3.8, 4) is 5.69 Å². The lowest BCUT2D eigenvalue weighted by atomic mass is 9.92. The summed E-state index contributed by atoms with van der Waals surface area (Å²) in [6, 6.07) is 50.1. The van der Waals surface area contributed by atoms with Crippen LogP contribution in [0.2, 0.25) is 0 Å². The first-order valence-electron chi connectivity index (χ1n) is 13.7. The normalized spacial score (nSPS) is 12.0. The predicted molar refractivity (Wildman–Crippen MR) is 169 cm³/mol. The molecule has 2 aromatic heterocycles. The van der Waals surface area contributed by atoms with Crippen molar-refractivity contribution in [2.24, 2.45) is 0 Å². The Morgan fingerprint density at radius 1 is 0.375 bits per heavy atom. The molecule has 0 saturated carbocycles. The molecule has 0 amide bonds. The molecule has 2 heteroatoms. The maximum atomic E-state index is 6.44. The van der Waals surface area contributed by atoms with Gasteiger partial charge in [-0.1, -0.05) is 97.1 Å². The van der Waals surface area contributed by atoms with Crippen molar-refractivity contribution in [1.82, 2.24) is 4.57 Å². The van der Waals surface area contributed by atoms with Gasteiger partial charge in [-0.3, -0.25) is 0 Å². The molecule has 7 aromatic carbocycles. The van der Waals surface area contributed by atoms with E-state index in [1.165, 1.54) is 48.7 Å². The standard InChI is InChI=1S/C38H23NO/c1-2-12-26(13-3-1)39-33-19-8-6-16-30(33)38-31-18-10-17-27-24-11-4-5-15-29-28-14-7-9-20-35(28)40-36(29)22-25(21-24)32(37(27)31)23-34(38)39/h1-23H. The first-order valence-corrected chi connectivity index (χ1v) is 13.7. The Labute approximate surface area is 229 Å². The molecule has 9 aromatic rings. The largest absolute Gasteiger partial charge is 0.456 e. The zero-order valence-corrected chi connectivity index (χ0v) is 21.6. The number of furan rings is 1. The monoisotopic (exact) mass is 509 g/mol. The van der Waals surface area contributed by atoms with Crippen LogP contribution in [-0.4, -0.2) is 4.57 Å². The molecule has 0 radical (unpaired) electrons. The number of para-hydroxylation sites is 3. The maximum Gasteiger partial charge on any atom is 0.136 e. The zero-order valence-electron chi connectivity index (χ0n) is 21.6. The summed E-state index contributed by atoms with van der Waals surface area (Å²) in [4.78, 5) is 0. The van der Waals surface area contributed by atoms with Gasteiger partial charge >= 0.3 is 0 Å². The lowest BCUT2D eigenvalue weighted by Crippen LogP contribution is -1.93. The smallest absolute Gasteiger partial charge is 0.136 e. The predicted octanol–water partition coefficient (Wildman–Crippen LogP) is 10.7. The molecule has 0 saturated heterocycles. The number of aromatic nitrogens is 1. The fourth-order valence-electron chi connectivity index (χ4n) is 6.66. The van der Waals surface area contributed by atoms with E-state index in [1.807, 2.05) is 12.1 Å². The quantitative estimate of drug-likeness (QED) is 0.215. The van der Waals surface area contributed by atoms with Crippen molar-refractivity contribution < 1.29 is 4.42 Å². The van der Waals surface area contributed by atoms with Gasteiger partial charge in [0.2, 0.25) is 0 Å². The molecule has 0 aliphatic rings. The lowest BCUT2D eigenvalue weighted by molar-refractivity contribution is 0.669. The van der Waals surface area contributed by atoms with Crippen LogP contribution in [0.4, 0.5) is 0 Å². The summed E-state index contributed by atoms with van der Waals surface area (Å²) in [5, 5.41) is 12.2. The molecule has 0 N–H and O–H groups in total. The molecular weight excluding hydrogens is 486 g/mol.